The predicted molar refractivity (Wildman–Crippen MR) is 103 cm³/mol. The van der Waals surface area contributed by atoms with Crippen molar-refractivity contribution in [2.24, 2.45) is 0 Å². The SMILES string of the molecule is O=c1[nH]ncc2cc(Nc3ccccc3)c(NC3CCCCC3)cc12. The topological polar surface area (TPSA) is 69.8 Å². The van der Waals surface area contributed by atoms with E-state index in [4.69, 9.17) is 0 Å². The van der Waals surface area contributed by atoms with Gasteiger partial charge in [0.2, 0.25) is 0 Å². The summed E-state index contributed by atoms with van der Waals surface area (Å²) in [5.74, 6) is 0. The Balaban J connectivity index is 1.74. The number of anilines is 3. The summed E-state index contributed by atoms with van der Waals surface area (Å²) >= 11 is 0. The Morgan fingerprint density at radius 3 is 2.60 bits per heavy atom. The first-order valence-corrected chi connectivity index (χ1v) is 8.90. The third kappa shape index (κ3) is 3.50. The molecule has 1 aliphatic rings. The molecule has 128 valence electrons. The zero-order chi connectivity index (χ0) is 17.1. The van der Waals surface area contributed by atoms with Crippen LogP contribution in [-0.4, -0.2) is 16.2 Å². The highest BCUT2D eigenvalue weighted by atomic mass is 16.1. The fourth-order valence-electron chi connectivity index (χ4n) is 3.51. The molecule has 1 fully saturated rings. The lowest BCUT2D eigenvalue weighted by Gasteiger charge is -2.25. The lowest BCUT2D eigenvalue weighted by atomic mass is 9.95. The lowest BCUT2D eigenvalue weighted by Crippen LogP contribution is -2.23. The Hall–Kier alpha value is -2.82. The molecule has 0 bridgehead atoms. The Labute approximate surface area is 146 Å². The smallest absolute Gasteiger partial charge is 0.272 e. The molecule has 0 amide bonds. The molecule has 0 atom stereocenters. The minimum absolute atomic E-state index is 0.157. The van der Waals surface area contributed by atoms with Crippen LogP contribution in [0.15, 0.2) is 53.5 Å². The van der Waals surface area contributed by atoms with Crippen molar-refractivity contribution in [2.45, 2.75) is 38.1 Å². The number of benzene rings is 2. The number of rotatable bonds is 4. The number of aromatic nitrogens is 2. The molecule has 0 unspecified atom stereocenters. The summed E-state index contributed by atoms with van der Waals surface area (Å²) in [6.45, 7) is 0. The summed E-state index contributed by atoms with van der Waals surface area (Å²) < 4.78 is 0. The van der Waals surface area contributed by atoms with Crippen LogP contribution in [0.5, 0.6) is 0 Å². The van der Waals surface area contributed by atoms with Crippen molar-refractivity contribution in [1.29, 1.82) is 0 Å². The molecule has 0 radical (unpaired) electrons. The molecule has 3 N–H and O–H groups in total. The number of fused-ring (bicyclic) bond motifs is 1. The quantitative estimate of drug-likeness (QED) is 0.661. The number of hydrogen-bond acceptors (Lipinski definition) is 4. The zero-order valence-corrected chi connectivity index (χ0v) is 14.1. The summed E-state index contributed by atoms with van der Waals surface area (Å²) in [5, 5.41) is 15.1. The average molecular weight is 334 g/mol. The molecular weight excluding hydrogens is 312 g/mol. The standard InChI is InChI=1S/C20H22N4O/c25-20-17-12-19(23-16-9-5-2-6-10-16)18(11-14(17)13-21-24-20)22-15-7-3-1-4-8-15/h1,3-4,7-8,11-13,16,22-23H,2,5-6,9-10H2,(H,24,25). The van der Waals surface area contributed by atoms with Gasteiger partial charge < -0.3 is 10.6 Å². The molecule has 5 nitrogen and oxygen atoms in total. The van der Waals surface area contributed by atoms with E-state index in [-0.39, 0.29) is 5.56 Å². The van der Waals surface area contributed by atoms with Crippen molar-refractivity contribution in [2.75, 3.05) is 10.6 Å². The first-order chi connectivity index (χ1) is 12.3. The molecule has 4 rings (SSSR count). The molecule has 1 aromatic heterocycles. The maximum Gasteiger partial charge on any atom is 0.272 e. The van der Waals surface area contributed by atoms with Gasteiger partial charge in [0.15, 0.2) is 0 Å². The van der Waals surface area contributed by atoms with Gasteiger partial charge in [0.1, 0.15) is 0 Å². The molecule has 2 aromatic carbocycles. The van der Waals surface area contributed by atoms with Crippen LogP contribution >= 0.6 is 0 Å². The second-order valence-electron chi connectivity index (χ2n) is 6.65. The number of nitrogens with zero attached hydrogens (tertiary/aromatic N) is 1. The van der Waals surface area contributed by atoms with Gasteiger partial charge in [-0.2, -0.15) is 5.10 Å². The van der Waals surface area contributed by atoms with Crippen LogP contribution in [0.4, 0.5) is 17.1 Å². The van der Waals surface area contributed by atoms with Gasteiger partial charge in [0, 0.05) is 17.1 Å². The van der Waals surface area contributed by atoms with Gasteiger partial charge in [-0.25, -0.2) is 5.10 Å². The molecule has 1 aliphatic carbocycles. The fraction of sp³-hybridized carbons (Fsp3) is 0.300. The number of nitrogens with one attached hydrogen (secondary N) is 3. The van der Waals surface area contributed by atoms with Gasteiger partial charge in [-0.1, -0.05) is 37.5 Å². The largest absolute Gasteiger partial charge is 0.381 e. The van der Waals surface area contributed by atoms with Gasteiger partial charge in [-0.05, 0) is 37.1 Å². The molecule has 25 heavy (non-hydrogen) atoms. The summed E-state index contributed by atoms with van der Waals surface area (Å²) in [4.78, 5) is 12.1. The van der Waals surface area contributed by atoms with Crippen LogP contribution in [0.2, 0.25) is 0 Å². The monoisotopic (exact) mass is 334 g/mol. The van der Waals surface area contributed by atoms with E-state index in [2.05, 4.69) is 20.8 Å². The Kier molecular flexibility index (Phi) is 4.37. The van der Waals surface area contributed by atoms with Crippen LogP contribution in [-0.2, 0) is 0 Å². The normalized spacial score (nSPS) is 15.2. The van der Waals surface area contributed by atoms with Crippen molar-refractivity contribution >= 4 is 27.8 Å². The molecule has 0 aliphatic heterocycles. The van der Waals surface area contributed by atoms with Gasteiger partial charge in [0.25, 0.3) is 5.56 Å². The zero-order valence-electron chi connectivity index (χ0n) is 14.1. The molecule has 0 saturated heterocycles. The summed E-state index contributed by atoms with van der Waals surface area (Å²) in [6, 6.07) is 14.5. The van der Waals surface area contributed by atoms with Crippen molar-refractivity contribution in [1.82, 2.24) is 10.2 Å². The molecule has 1 saturated carbocycles. The molecule has 5 heteroatoms. The fourth-order valence-corrected chi connectivity index (χ4v) is 3.51. The number of para-hydroxylation sites is 1. The minimum atomic E-state index is -0.157. The number of aromatic amines is 1. The first kappa shape index (κ1) is 15.7. The molecule has 3 aromatic rings. The van der Waals surface area contributed by atoms with E-state index >= 15 is 0 Å². The predicted octanol–water partition coefficient (Wildman–Crippen LogP) is 4.41. The Morgan fingerprint density at radius 1 is 1.00 bits per heavy atom. The van der Waals surface area contributed by atoms with Crippen molar-refractivity contribution in [3.05, 3.63) is 59.0 Å². The van der Waals surface area contributed by atoms with E-state index in [0.717, 1.165) is 22.4 Å². The summed E-state index contributed by atoms with van der Waals surface area (Å²) in [5.41, 5.74) is 2.80. The van der Waals surface area contributed by atoms with Crippen molar-refractivity contribution < 1.29 is 0 Å². The van der Waals surface area contributed by atoms with Crippen molar-refractivity contribution in [3.63, 3.8) is 0 Å². The summed E-state index contributed by atoms with van der Waals surface area (Å²) in [7, 11) is 0. The average Bonchev–Trinajstić information content (AvgIpc) is 2.65. The van der Waals surface area contributed by atoms with Gasteiger partial charge in [-0.15, -0.1) is 0 Å². The molecular formula is C20H22N4O. The van der Waals surface area contributed by atoms with Crippen LogP contribution < -0.4 is 16.2 Å². The van der Waals surface area contributed by atoms with E-state index in [9.17, 15) is 4.79 Å². The lowest BCUT2D eigenvalue weighted by molar-refractivity contribution is 0.463. The Morgan fingerprint density at radius 2 is 1.80 bits per heavy atom. The maximum absolute atomic E-state index is 12.1. The van der Waals surface area contributed by atoms with Gasteiger partial charge >= 0.3 is 0 Å². The van der Waals surface area contributed by atoms with Crippen LogP contribution in [0.3, 0.4) is 0 Å². The van der Waals surface area contributed by atoms with E-state index in [1.165, 1.54) is 32.1 Å². The highest BCUT2D eigenvalue weighted by Gasteiger charge is 2.16. The minimum Gasteiger partial charge on any atom is -0.381 e. The highest BCUT2D eigenvalue weighted by molar-refractivity contribution is 5.92. The number of hydrogen-bond donors (Lipinski definition) is 3. The van der Waals surface area contributed by atoms with E-state index < -0.39 is 0 Å². The second-order valence-corrected chi connectivity index (χ2v) is 6.65. The second kappa shape index (κ2) is 6.97. The van der Waals surface area contributed by atoms with Gasteiger partial charge in [-0.3, -0.25) is 4.79 Å². The number of H-pyrrole nitrogens is 1. The molecule has 1 heterocycles. The maximum atomic E-state index is 12.1. The third-order valence-electron chi connectivity index (χ3n) is 4.82. The van der Waals surface area contributed by atoms with Crippen molar-refractivity contribution in [3.8, 4) is 0 Å². The summed E-state index contributed by atoms with van der Waals surface area (Å²) in [6.07, 6.45) is 7.88. The highest BCUT2D eigenvalue weighted by Crippen LogP contribution is 2.32. The Bertz CT molecular complexity index is 914. The van der Waals surface area contributed by atoms with E-state index in [1.807, 2.05) is 42.5 Å². The molecule has 0 spiro atoms. The first-order valence-electron chi connectivity index (χ1n) is 8.90. The van der Waals surface area contributed by atoms with E-state index in [1.54, 1.807) is 6.20 Å². The van der Waals surface area contributed by atoms with Crippen LogP contribution in [0, 0.1) is 0 Å². The van der Waals surface area contributed by atoms with E-state index in [0.29, 0.717) is 11.4 Å². The van der Waals surface area contributed by atoms with Crippen LogP contribution in [0.1, 0.15) is 32.1 Å². The third-order valence-corrected chi connectivity index (χ3v) is 4.82. The van der Waals surface area contributed by atoms with Gasteiger partial charge in [0.05, 0.1) is 23.0 Å². The van der Waals surface area contributed by atoms with Crippen LogP contribution in [0.25, 0.3) is 10.8 Å².